The van der Waals surface area contributed by atoms with Crippen molar-refractivity contribution in [3.8, 4) is 0 Å². The van der Waals surface area contributed by atoms with Crippen molar-refractivity contribution < 1.29 is 0 Å². The van der Waals surface area contributed by atoms with Gasteiger partial charge in [0.2, 0.25) is 17.8 Å². The van der Waals surface area contributed by atoms with Crippen molar-refractivity contribution in [3.63, 3.8) is 0 Å². The molecule has 7 nitrogen and oxygen atoms in total. The molecule has 0 bridgehead atoms. The minimum atomic E-state index is 0.275. The molecule has 8 heteroatoms. The van der Waals surface area contributed by atoms with Crippen molar-refractivity contribution in [2.24, 2.45) is 5.84 Å². The lowest BCUT2D eigenvalue weighted by molar-refractivity contribution is 0.632. The molecule has 2 saturated heterocycles. The first-order valence-corrected chi connectivity index (χ1v) is 8.53. The van der Waals surface area contributed by atoms with Gasteiger partial charge in [0.15, 0.2) is 0 Å². The summed E-state index contributed by atoms with van der Waals surface area (Å²) in [5.74, 6) is 8.45. The van der Waals surface area contributed by atoms with Crippen LogP contribution < -0.4 is 21.5 Å². The van der Waals surface area contributed by atoms with E-state index in [4.69, 9.17) is 5.84 Å². The summed E-state index contributed by atoms with van der Waals surface area (Å²) in [5.41, 5.74) is 2.53. The van der Waals surface area contributed by atoms with Crippen molar-refractivity contribution in [2.75, 3.05) is 41.0 Å². The lowest BCUT2D eigenvalue weighted by Gasteiger charge is -2.23. The van der Waals surface area contributed by atoms with Gasteiger partial charge in [-0.05, 0) is 38.4 Å². The molecular formula is C13H23N7S. The molecule has 2 aliphatic rings. The first kappa shape index (κ1) is 14.6. The van der Waals surface area contributed by atoms with Crippen LogP contribution in [0.5, 0.6) is 0 Å². The predicted octanol–water partition coefficient (Wildman–Crippen LogP) is 1.45. The lowest BCUT2D eigenvalue weighted by atomic mass is 10.1. The van der Waals surface area contributed by atoms with E-state index in [0.717, 1.165) is 19.6 Å². The van der Waals surface area contributed by atoms with Gasteiger partial charge in [-0.1, -0.05) is 0 Å². The summed E-state index contributed by atoms with van der Waals surface area (Å²) < 4.78 is 0.275. The predicted molar refractivity (Wildman–Crippen MR) is 87.7 cm³/mol. The van der Waals surface area contributed by atoms with Gasteiger partial charge in [-0.2, -0.15) is 26.7 Å². The Bertz CT molecular complexity index is 483. The molecular weight excluding hydrogens is 286 g/mol. The van der Waals surface area contributed by atoms with E-state index in [0.29, 0.717) is 17.8 Å². The highest BCUT2D eigenvalue weighted by Crippen LogP contribution is 2.37. The van der Waals surface area contributed by atoms with E-state index in [1.54, 1.807) is 0 Å². The number of nitrogen functional groups attached to an aromatic ring is 1. The Hall–Kier alpha value is -1.28. The zero-order valence-electron chi connectivity index (χ0n) is 12.4. The van der Waals surface area contributed by atoms with Crippen LogP contribution in [0.1, 0.15) is 32.6 Å². The molecule has 4 N–H and O–H groups in total. The summed E-state index contributed by atoms with van der Waals surface area (Å²) in [6, 6.07) is 0. The number of nitrogens with one attached hydrogen (secondary N) is 2. The molecule has 0 aliphatic carbocycles. The second kappa shape index (κ2) is 6.23. The third-order valence-corrected chi connectivity index (χ3v) is 5.60. The topological polar surface area (TPSA) is 92.0 Å². The van der Waals surface area contributed by atoms with Crippen LogP contribution >= 0.6 is 11.8 Å². The van der Waals surface area contributed by atoms with E-state index in [1.807, 2.05) is 11.8 Å². The first-order valence-electron chi connectivity index (χ1n) is 7.54. The summed E-state index contributed by atoms with van der Waals surface area (Å²) in [4.78, 5) is 15.4. The van der Waals surface area contributed by atoms with E-state index in [2.05, 4.69) is 37.5 Å². The fraction of sp³-hybridized carbons (Fsp3) is 0.769. The molecule has 0 radical (unpaired) electrons. The highest BCUT2D eigenvalue weighted by atomic mass is 32.2. The number of nitrogens with two attached hydrogens (primary N) is 1. The van der Waals surface area contributed by atoms with E-state index < -0.39 is 0 Å². The van der Waals surface area contributed by atoms with Crippen LogP contribution in [-0.2, 0) is 0 Å². The highest BCUT2D eigenvalue weighted by molar-refractivity contribution is 8.00. The first-order chi connectivity index (χ1) is 10.2. The molecule has 21 heavy (non-hydrogen) atoms. The van der Waals surface area contributed by atoms with Crippen molar-refractivity contribution in [1.29, 1.82) is 0 Å². The number of thioether (sulfide) groups is 1. The Balaban J connectivity index is 1.72. The molecule has 116 valence electrons. The summed E-state index contributed by atoms with van der Waals surface area (Å²) in [7, 11) is 0. The number of hydrogen-bond donors (Lipinski definition) is 3. The molecule has 1 atom stereocenters. The van der Waals surface area contributed by atoms with Gasteiger partial charge < -0.3 is 10.2 Å². The average Bonchev–Trinajstić information content (AvgIpc) is 3.17. The van der Waals surface area contributed by atoms with Gasteiger partial charge in [0, 0.05) is 24.4 Å². The molecule has 0 saturated carbocycles. The molecule has 0 amide bonds. The maximum absolute atomic E-state index is 5.48. The Morgan fingerprint density at radius 2 is 1.95 bits per heavy atom. The van der Waals surface area contributed by atoms with E-state index in [-0.39, 0.29) is 4.75 Å². The van der Waals surface area contributed by atoms with Gasteiger partial charge in [-0.15, -0.1) is 0 Å². The summed E-state index contributed by atoms with van der Waals surface area (Å²) in [6.45, 7) is 5.16. The monoisotopic (exact) mass is 309 g/mol. The fourth-order valence-corrected chi connectivity index (χ4v) is 4.05. The Labute approximate surface area is 129 Å². The number of hydrazine groups is 1. The lowest BCUT2D eigenvalue weighted by Crippen LogP contribution is -2.29. The van der Waals surface area contributed by atoms with Crippen molar-refractivity contribution in [3.05, 3.63) is 0 Å². The average molecular weight is 309 g/mol. The van der Waals surface area contributed by atoms with Gasteiger partial charge in [0.1, 0.15) is 0 Å². The summed E-state index contributed by atoms with van der Waals surface area (Å²) in [6.07, 6.45) is 4.90. The molecule has 2 fully saturated rings. The number of anilines is 3. The zero-order valence-corrected chi connectivity index (χ0v) is 13.2. The minimum Gasteiger partial charge on any atom is -0.353 e. The normalized spacial score (nSPS) is 25.3. The van der Waals surface area contributed by atoms with Gasteiger partial charge >= 0.3 is 0 Å². The maximum atomic E-state index is 5.48. The zero-order chi connectivity index (χ0) is 14.7. The van der Waals surface area contributed by atoms with Gasteiger partial charge in [-0.3, -0.25) is 5.43 Å². The van der Waals surface area contributed by atoms with E-state index in [1.165, 1.54) is 31.4 Å². The smallest absolute Gasteiger partial charge is 0.243 e. The van der Waals surface area contributed by atoms with E-state index in [9.17, 15) is 0 Å². The van der Waals surface area contributed by atoms with Gasteiger partial charge in [0.05, 0.1) is 0 Å². The molecule has 1 unspecified atom stereocenters. The second-order valence-electron chi connectivity index (χ2n) is 5.88. The number of rotatable bonds is 5. The molecule has 1 aromatic heterocycles. The Morgan fingerprint density at radius 1 is 1.19 bits per heavy atom. The quantitative estimate of drug-likeness (QED) is 0.556. The SMILES string of the molecule is CC1(CNc2nc(NN)nc(N3CCCC3)n2)CCCS1. The second-order valence-corrected chi connectivity index (χ2v) is 7.56. The largest absolute Gasteiger partial charge is 0.353 e. The third-order valence-electron chi connectivity index (χ3n) is 4.06. The number of nitrogens with zero attached hydrogens (tertiary/aromatic N) is 4. The van der Waals surface area contributed by atoms with Crippen LogP contribution in [-0.4, -0.2) is 45.1 Å². The molecule has 3 heterocycles. The van der Waals surface area contributed by atoms with Crippen LogP contribution in [0, 0.1) is 0 Å². The molecule has 1 aromatic rings. The van der Waals surface area contributed by atoms with Crippen LogP contribution in [0.25, 0.3) is 0 Å². The summed E-state index contributed by atoms with van der Waals surface area (Å²) in [5, 5.41) is 3.36. The minimum absolute atomic E-state index is 0.275. The standard InChI is InChI=1S/C13H23N7S/c1-13(5-4-8-21-13)9-15-10-16-11(19-14)18-12(17-10)20-6-2-3-7-20/h2-9,14H2,1H3,(H2,15,16,17,18,19). The highest BCUT2D eigenvalue weighted by Gasteiger charge is 2.29. The van der Waals surface area contributed by atoms with Crippen LogP contribution in [0.15, 0.2) is 0 Å². The van der Waals surface area contributed by atoms with Crippen molar-refractivity contribution in [2.45, 2.75) is 37.4 Å². The van der Waals surface area contributed by atoms with E-state index >= 15 is 0 Å². The number of hydrogen-bond acceptors (Lipinski definition) is 8. The van der Waals surface area contributed by atoms with Crippen LogP contribution in [0.4, 0.5) is 17.8 Å². The molecule has 2 aliphatic heterocycles. The fourth-order valence-electron chi connectivity index (χ4n) is 2.81. The molecule has 0 spiro atoms. The maximum Gasteiger partial charge on any atom is 0.243 e. The molecule has 3 rings (SSSR count). The summed E-state index contributed by atoms with van der Waals surface area (Å²) >= 11 is 2.02. The third kappa shape index (κ3) is 3.49. The van der Waals surface area contributed by atoms with Gasteiger partial charge in [-0.25, -0.2) is 5.84 Å². The van der Waals surface area contributed by atoms with Crippen LogP contribution in [0.2, 0.25) is 0 Å². The Morgan fingerprint density at radius 3 is 2.62 bits per heavy atom. The van der Waals surface area contributed by atoms with Crippen molar-refractivity contribution in [1.82, 2.24) is 15.0 Å². The van der Waals surface area contributed by atoms with Crippen molar-refractivity contribution >= 4 is 29.6 Å². The number of aromatic nitrogens is 3. The van der Waals surface area contributed by atoms with Gasteiger partial charge in [0.25, 0.3) is 0 Å². The Kier molecular flexibility index (Phi) is 4.34. The van der Waals surface area contributed by atoms with Crippen LogP contribution in [0.3, 0.4) is 0 Å². The molecule has 0 aromatic carbocycles.